The maximum absolute atomic E-state index is 12.1. The van der Waals surface area contributed by atoms with Crippen molar-refractivity contribution in [3.63, 3.8) is 0 Å². The van der Waals surface area contributed by atoms with E-state index in [4.69, 9.17) is 0 Å². The highest BCUT2D eigenvalue weighted by molar-refractivity contribution is 7.89. The van der Waals surface area contributed by atoms with Gasteiger partial charge in [0.2, 0.25) is 20.0 Å². The molecule has 1 N–H and O–H groups in total. The molecule has 0 aliphatic carbocycles. The van der Waals surface area contributed by atoms with Crippen LogP contribution >= 0.6 is 0 Å². The van der Waals surface area contributed by atoms with Gasteiger partial charge in [0.05, 0.1) is 11.2 Å². The number of benzene rings is 1. The van der Waals surface area contributed by atoms with Crippen LogP contribution in [-0.2, 0) is 20.0 Å². The Kier molecular flexibility index (Phi) is 6.33. The summed E-state index contributed by atoms with van der Waals surface area (Å²) >= 11 is 0. The van der Waals surface area contributed by atoms with Gasteiger partial charge < -0.3 is 0 Å². The Bertz CT molecular complexity index is 652. The molecule has 8 heteroatoms. The number of nitrogens with zero attached hydrogens (tertiary/aromatic N) is 1. The fourth-order valence-electron chi connectivity index (χ4n) is 1.80. The van der Waals surface area contributed by atoms with Crippen molar-refractivity contribution in [2.75, 3.05) is 25.9 Å². The van der Waals surface area contributed by atoms with Crippen molar-refractivity contribution in [3.05, 3.63) is 29.8 Å². The van der Waals surface area contributed by atoms with Gasteiger partial charge in [-0.05, 0) is 25.5 Å². The second kappa shape index (κ2) is 7.35. The van der Waals surface area contributed by atoms with Gasteiger partial charge in [0.15, 0.2) is 0 Å². The van der Waals surface area contributed by atoms with E-state index in [1.165, 1.54) is 16.4 Å². The Morgan fingerprint density at radius 2 is 1.62 bits per heavy atom. The lowest BCUT2D eigenvalue weighted by Gasteiger charge is -2.19. The first kappa shape index (κ1) is 18.1. The lowest BCUT2D eigenvalue weighted by atomic mass is 10.2. The molecule has 0 saturated carbocycles. The Balaban J connectivity index is 2.67. The zero-order valence-electron chi connectivity index (χ0n) is 12.5. The molecule has 0 atom stereocenters. The predicted molar refractivity (Wildman–Crippen MR) is 83.1 cm³/mol. The number of hydrogen-bond donors (Lipinski definition) is 1. The van der Waals surface area contributed by atoms with Gasteiger partial charge in [0.1, 0.15) is 0 Å². The fourth-order valence-corrected chi connectivity index (χ4v) is 3.76. The summed E-state index contributed by atoms with van der Waals surface area (Å²) in [5.41, 5.74) is 0.972. The van der Waals surface area contributed by atoms with Gasteiger partial charge in [0.25, 0.3) is 0 Å². The van der Waals surface area contributed by atoms with Crippen molar-refractivity contribution >= 4 is 20.0 Å². The van der Waals surface area contributed by atoms with E-state index in [0.717, 1.165) is 11.8 Å². The van der Waals surface area contributed by atoms with E-state index in [-0.39, 0.29) is 18.0 Å². The molecule has 1 rings (SSSR count). The average Bonchev–Trinajstić information content (AvgIpc) is 2.37. The highest BCUT2D eigenvalue weighted by Gasteiger charge is 2.17. The Morgan fingerprint density at radius 3 is 2.10 bits per heavy atom. The van der Waals surface area contributed by atoms with Crippen LogP contribution in [0.1, 0.15) is 18.9 Å². The summed E-state index contributed by atoms with van der Waals surface area (Å²) in [4.78, 5) is 0.175. The van der Waals surface area contributed by atoms with Crippen LogP contribution in [0, 0.1) is 6.92 Å². The van der Waals surface area contributed by atoms with Crippen LogP contribution in [0.15, 0.2) is 29.2 Å². The summed E-state index contributed by atoms with van der Waals surface area (Å²) in [5.74, 6) is 0. The molecule has 0 amide bonds. The molecule has 0 heterocycles. The highest BCUT2D eigenvalue weighted by atomic mass is 32.2. The minimum atomic E-state index is -3.60. The zero-order valence-corrected chi connectivity index (χ0v) is 14.2. The molecular formula is C13H22N2O4S2. The van der Waals surface area contributed by atoms with E-state index >= 15 is 0 Å². The minimum Gasteiger partial charge on any atom is -0.213 e. The second-order valence-electron chi connectivity index (χ2n) is 4.87. The molecule has 0 saturated heterocycles. The molecule has 120 valence electrons. The summed E-state index contributed by atoms with van der Waals surface area (Å²) in [7, 11) is -6.92. The van der Waals surface area contributed by atoms with Crippen molar-refractivity contribution < 1.29 is 16.8 Å². The normalized spacial score (nSPS) is 12.8. The number of hydrogen-bond acceptors (Lipinski definition) is 4. The van der Waals surface area contributed by atoms with Crippen LogP contribution in [0.5, 0.6) is 0 Å². The molecular weight excluding hydrogens is 312 g/mol. The number of sulfonamides is 2. The van der Waals surface area contributed by atoms with Crippen LogP contribution < -0.4 is 4.72 Å². The van der Waals surface area contributed by atoms with Crippen LogP contribution in [0.2, 0.25) is 0 Å². The van der Waals surface area contributed by atoms with Crippen molar-refractivity contribution in [2.24, 2.45) is 0 Å². The van der Waals surface area contributed by atoms with E-state index in [1.807, 2.05) is 13.8 Å². The van der Waals surface area contributed by atoms with Gasteiger partial charge in [-0.2, -0.15) is 0 Å². The second-order valence-corrected chi connectivity index (χ2v) is 8.62. The maximum atomic E-state index is 12.1. The molecule has 0 fully saturated rings. The summed E-state index contributed by atoms with van der Waals surface area (Å²) < 4.78 is 50.9. The number of rotatable bonds is 8. The first-order valence-corrected chi connectivity index (χ1v) is 10.0. The summed E-state index contributed by atoms with van der Waals surface area (Å²) in [6.45, 7) is 4.29. The third-order valence-electron chi connectivity index (χ3n) is 2.93. The van der Waals surface area contributed by atoms with Crippen molar-refractivity contribution in [3.8, 4) is 0 Å². The maximum Gasteiger partial charge on any atom is 0.240 e. The van der Waals surface area contributed by atoms with Gasteiger partial charge in [-0.15, -0.1) is 0 Å². The molecule has 0 aromatic heterocycles. The lowest BCUT2D eigenvalue weighted by Crippen LogP contribution is -2.38. The molecule has 0 radical (unpaired) electrons. The number of nitrogens with one attached hydrogen (secondary N) is 1. The molecule has 0 spiro atoms. The Morgan fingerprint density at radius 1 is 1.05 bits per heavy atom. The minimum absolute atomic E-state index is 0.0449. The lowest BCUT2D eigenvalue weighted by molar-refractivity contribution is 0.416. The smallest absolute Gasteiger partial charge is 0.213 e. The van der Waals surface area contributed by atoms with Gasteiger partial charge in [-0.3, -0.25) is 0 Å². The quantitative estimate of drug-likeness (QED) is 0.767. The molecule has 0 aliphatic rings. The first-order chi connectivity index (χ1) is 9.66. The van der Waals surface area contributed by atoms with E-state index in [9.17, 15) is 16.8 Å². The monoisotopic (exact) mass is 334 g/mol. The van der Waals surface area contributed by atoms with Gasteiger partial charge in [0, 0.05) is 19.6 Å². The van der Waals surface area contributed by atoms with Crippen LogP contribution in [0.3, 0.4) is 0 Å². The van der Waals surface area contributed by atoms with Crippen molar-refractivity contribution in [1.82, 2.24) is 9.03 Å². The SMILES string of the molecule is CCCN(CCNS(=O)(=O)c1ccc(C)cc1)S(C)(=O)=O. The predicted octanol–water partition coefficient (Wildman–Crippen LogP) is 0.945. The molecule has 0 bridgehead atoms. The molecule has 6 nitrogen and oxygen atoms in total. The summed E-state index contributed by atoms with van der Waals surface area (Å²) in [6.07, 6.45) is 1.80. The molecule has 1 aromatic rings. The average molecular weight is 334 g/mol. The number of aryl methyl sites for hydroxylation is 1. The molecule has 21 heavy (non-hydrogen) atoms. The van der Waals surface area contributed by atoms with Crippen LogP contribution in [0.25, 0.3) is 0 Å². The van der Waals surface area contributed by atoms with E-state index < -0.39 is 20.0 Å². The largest absolute Gasteiger partial charge is 0.240 e. The Hall–Kier alpha value is -0.960. The van der Waals surface area contributed by atoms with Crippen LogP contribution in [-0.4, -0.2) is 47.0 Å². The van der Waals surface area contributed by atoms with Crippen LogP contribution in [0.4, 0.5) is 0 Å². The fraction of sp³-hybridized carbons (Fsp3) is 0.538. The third kappa shape index (κ3) is 5.74. The van der Waals surface area contributed by atoms with Gasteiger partial charge in [-0.1, -0.05) is 24.6 Å². The standard InChI is InChI=1S/C13H22N2O4S2/c1-4-10-15(20(3,16)17)11-9-14-21(18,19)13-7-5-12(2)6-8-13/h5-8,14H,4,9-11H2,1-3H3. The van der Waals surface area contributed by atoms with Crippen molar-refractivity contribution in [1.29, 1.82) is 0 Å². The van der Waals surface area contributed by atoms with Gasteiger partial charge in [-0.25, -0.2) is 25.9 Å². The zero-order chi connectivity index (χ0) is 16.1. The topological polar surface area (TPSA) is 83.6 Å². The Labute approximate surface area is 127 Å². The first-order valence-electron chi connectivity index (χ1n) is 6.68. The molecule has 0 aliphatic heterocycles. The third-order valence-corrected chi connectivity index (χ3v) is 5.71. The summed E-state index contributed by atoms with van der Waals surface area (Å²) in [6, 6.07) is 6.49. The van der Waals surface area contributed by atoms with E-state index in [1.54, 1.807) is 12.1 Å². The van der Waals surface area contributed by atoms with E-state index in [0.29, 0.717) is 13.0 Å². The van der Waals surface area contributed by atoms with E-state index in [2.05, 4.69) is 4.72 Å². The van der Waals surface area contributed by atoms with Crippen molar-refractivity contribution in [2.45, 2.75) is 25.2 Å². The molecule has 1 aromatic carbocycles. The van der Waals surface area contributed by atoms with Gasteiger partial charge >= 0.3 is 0 Å². The molecule has 0 unspecified atom stereocenters. The summed E-state index contributed by atoms with van der Waals surface area (Å²) in [5, 5.41) is 0. The highest BCUT2D eigenvalue weighted by Crippen LogP contribution is 2.09.